The summed E-state index contributed by atoms with van der Waals surface area (Å²) in [5.74, 6) is -1.33. The van der Waals surface area contributed by atoms with E-state index in [4.69, 9.17) is 0 Å². The maximum Gasteiger partial charge on any atom is 0.439 e. The lowest BCUT2D eigenvalue weighted by Crippen LogP contribution is -2.39. The van der Waals surface area contributed by atoms with E-state index in [9.17, 15) is 38.2 Å². The van der Waals surface area contributed by atoms with Crippen molar-refractivity contribution >= 4 is 20.1 Å². The van der Waals surface area contributed by atoms with Crippen LogP contribution < -0.4 is 0 Å². The molecule has 10 nitrogen and oxygen atoms in total. The number of nitro groups is 2. The maximum absolute atomic E-state index is 13.1. The summed E-state index contributed by atoms with van der Waals surface area (Å²) < 4.78 is 40.5. The Morgan fingerprint density at radius 2 is 1.80 bits per heavy atom. The lowest BCUT2D eigenvalue weighted by atomic mass is 10.1. The molecule has 1 N–H and O–H groups in total. The Bertz CT molecular complexity index is 1050. The van der Waals surface area contributed by atoms with Gasteiger partial charge in [0.2, 0.25) is 0 Å². The molecule has 0 spiro atoms. The molecule has 1 heterocycles. The van der Waals surface area contributed by atoms with Gasteiger partial charge in [0.25, 0.3) is 0 Å². The number of benzene rings is 1. The molecular formula is C21H30F3N5O5Si. The quantitative estimate of drug-likeness (QED) is 0.239. The van der Waals surface area contributed by atoms with Crippen LogP contribution in [0.1, 0.15) is 37.8 Å². The van der Waals surface area contributed by atoms with E-state index in [2.05, 4.69) is 4.98 Å². The van der Waals surface area contributed by atoms with Gasteiger partial charge in [-0.1, -0.05) is 32.0 Å². The molecule has 14 heteroatoms. The van der Waals surface area contributed by atoms with Crippen molar-refractivity contribution in [1.82, 2.24) is 14.5 Å². The summed E-state index contributed by atoms with van der Waals surface area (Å²) in [5, 5.41) is 22.0. The van der Waals surface area contributed by atoms with E-state index in [1.54, 1.807) is 6.07 Å². The highest BCUT2D eigenvalue weighted by atomic mass is 28.4. The van der Waals surface area contributed by atoms with Crippen LogP contribution in [0.5, 0.6) is 0 Å². The lowest BCUT2D eigenvalue weighted by molar-refractivity contribution is -0.403. The number of halogens is 3. The highest BCUT2D eigenvalue weighted by Gasteiger charge is 2.37. The van der Waals surface area contributed by atoms with Crippen LogP contribution in [0.3, 0.4) is 0 Å². The largest absolute Gasteiger partial charge is 0.439 e. The van der Waals surface area contributed by atoms with Crippen molar-refractivity contribution in [3.63, 3.8) is 0 Å². The van der Waals surface area contributed by atoms with Gasteiger partial charge in [-0.3, -0.25) is 4.90 Å². The molecule has 194 valence electrons. The zero-order chi connectivity index (χ0) is 26.6. The van der Waals surface area contributed by atoms with E-state index in [0.29, 0.717) is 24.9 Å². The molecule has 0 saturated heterocycles. The van der Waals surface area contributed by atoms with Gasteiger partial charge in [0.15, 0.2) is 14.5 Å². The first kappa shape index (κ1) is 28.4. The van der Waals surface area contributed by atoms with Crippen LogP contribution in [-0.2, 0) is 19.3 Å². The van der Waals surface area contributed by atoms with Gasteiger partial charge in [0.1, 0.15) is 0 Å². The monoisotopic (exact) mass is 517 g/mol. The molecular weight excluding hydrogens is 487 g/mol. The number of alkyl halides is 3. The second-order valence-corrected chi connectivity index (χ2v) is 14.1. The van der Waals surface area contributed by atoms with Crippen molar-refractivity contribution in [1.29, 1.82) is 0 Å². The standard InChI is InChI=1S/C21H30F3N5O5Si/c1-20(2,35(3,4)34)9-6-10-26(14-16-7-5-8-17(13-16)21(22,23)24)11-12-27-15-18(28(30)31)25-19(27)29(32)33/h5,7-8,13,15,34H,6,9-12,14H2,1-4H3. The average molecular weight is 518 g/mol. The third-order valence-corrected chi connectivity index (χ3v) is 9.91. The van der Waals surface area contributed by atoms with Crippen LogP contribution in [0, 0.1) is 20.2 Å². The van der Waals surface area contributed by atoms with Crippen molar-refractivity contribution in [2.24, 2.45) is 0 Å². The van der Waals surface area contributed by atoms with E-state index in [0.717, 1.165) is 22.9 Å². The number of imidazole rings is 1. The van der Waals surface area contributed by atoms with Crippen LogP contribution in [-0.4, -0.2) is 50.5 Å². The molecule has 1 aromatic heterocycles. The van der Waals surface area contributed by atoms with Crippen molar-refractivity contribution in [2.45, 2.75) is 64.1 Å². The number of rotatable bonds is 12. The molecule has 0 aliphatic carbocycles. The van der Waals surface area contributed by atoms with Gasteiger partial charge in [0, 0.05) is 13.1 Å². The Morgan fingerprint density at radius 3 is 2.34 bits per heavy atom. The van der Waals surface area contributed by atoms with Crippen LogP contribution in [0.15, 0.2) is 30.5 Å². The number of aromatic nitrogens is 2. The Morgan fingerprint density at radius 1 is 1.14 bits per heavy atom. The van der Waals surface area contributed by atoms with Gasteiger partial charge in [-0.15, -0.1) is 0 Å². The number of nitrogens with zero attached hydrogens (tertiary/aromatic N) is 5. The Hall–Kier alpha value is -2.84. The summed E-state index contributed by atoms with van der Waals surface area (Å²) in [5.41, 5.74) is -0.355. The van der Waals surface area contributed by atoms with E-state index in [-0.39, 0.29) is 24.7 Å². The fraction of sp³-hybridized carbons (Fsp3) is 0.571. The molecule has 0 radical (unpaired) electrons. The fourth-order valence-corrected chi connectivity index (χ4v) is 4.25. The van der Waals surface area contributed by atoms with Gasteiger partial charge in [-0.05, 0) is 64.0 Å². The minimum Gasteiger partial charge on any atom is -0.432 e. The first-order chi connectivity index (χ1) is 16.0. The summed E-state index contributed by atoms with van der Waals surface area (Å²) in [6.07, 6.45) is -2.20. The Balaban J connectivity index is 2.22. The summed E-state index contributed by atoms with van der Waals surface area (Å²) in [6.45, 7) is 8.42. The SMILES string of the molecule is CC(C)(CCCN(CCn1cc([N+](=O)[O-])nc1[N+](=O)[O-])Cc1cccc(C(F)(F)F)c1)[Si](C)(C)O. The van der Waals surface area contributed by atoms with Gasteiger partial charge in [-0.25, -0.2) is 4.57 Å². The first-order valence-corrected chi connectivity index (χ1v) is 13.9. The molecule has 0 unspecified atom stereocenters. The summed E-state index contributed by atoms with van der Waals surface area (Å²) in [6, 6.07) is 4.94. The topological polar surface area (TPSA) is 128 Å². The van der Waals surface area contributed by atoms with E-state index < -0.39 is 41.7 Å². The minimum atomic E-state index is -4.49. The summed E-state index contributed by atoms with van der Waals surface area (Å²) >= 11 is 0. The molecule has 1 aromatic carbocycles. The summed E-state index contributed by atoms with van der Waals surface area (Å²) in [4.78, 5) is 36.4. The second kappa shape index (κ2) is 10.8. The predicted molar refractivity (Wildman–Crippen MR) is 125 cm³/mol. The van der Waals surface area contributed by atoms with E-state index >= 15 is 0 Å². The third kappa shape index (κ3) is 7.83. The first-order valence-electron chi connectivity index (χ1n) is 11.0. The van der Waals surface area contributed by atoms with Crippen LogP contribution in [0.4, 0.5) is 24.9 Å². The zero-order valence-corrected chi connectivity index (χ0v) is 21.1. The molecule has 0 bridgehead atoms. The lowest BCUT2D eigenvalue weighted by Gasteiger charge is -2.35. The van der Waals surface area contributed by atoms with Gasteiger partial charge >= 0.3 is 17.9 Å². The molecule has 0 fully saturated rings. The van der Waals surface area contributed by atoms with Crippen molar-refractivity contribution in [3.05, 3.63) is 61.8 Å². The Kier molecular flexibility index (Phi) is 8.78. The highest BCUT2D eigenvalue weighted by Crippen LogP contribution is 2.39. The van der Waals surface area contributed by atoms with Crippen molar-refractivity contribution in [3.8, 4) is 0 Å². The van der Waals surface area contributed by atoms with Crippen LogP contribution in [0.2, 0.25) is 18.1 Å². The molecule has 0 saturated carbocycles. The van der Waals surface area contributed by atoms with Crippen LogP contribution >= 0.6 is 0 Å². The molecule has 2 aromatic rings. The predicted octanol–water partition coefficient (Wildman–Crippen LogP) is 4.98. The normalized spacial score (nSPS) is 12.8. The van der Waals surface area contributed by atoms with Crippen LogP contribution in [0.25, 0.3) is 0 Å². The number of hydrogen-bond donors (Lipinski definition) is 1. The molecule has 0 amide bonds. The van der Waals surface area contributed by atoms with Crippen molar-refractivity contribution in [2.75, 3.05) is 13.1 Å². The van der Waals surface area contributed by atoms with Gasteiger partial charge in [-0.2, -0.15) is 13.2 Å². The maximum atomic E-state index is 13.1. The highest BCUT2D eigenvalue weighted by molar-refractivity contribution is 6.72. The molecule has 0 aliphatic rings. The number of hydrogen-bond acceptors (Lipinski definition) is 7. The molecule has 0 atom stereocenters. The van der Waals surface area contributed by atoms with E-state index in [1.807, 2.05) is 31.8 Å². The zero-order valence-electron chi connectivity index (χ0n) is 20.1. The van der Waals surface area contributed by atoms with E-state index in [1.165, 1.54) is 6.07 Å². The fourth-order valence-electron chi connectivity index (χ4n) is 3.46. The van der Waals surface area contributed by atoms with Gasteiger partial charge < -0.3 is 25.0 Å². The molecule has 0 aliphatic heterocycles. The smallest absolute Gasteiger partial charge is 0.432 e. The second-order valence-electron chi connectivity index (χ2n) is 9.63. The van der Waals surface area contributed by atoms with Gasteiger partial charge in [0.05, 0.1) is 12.1 Å². The Labute approximate surface area is 201 Å². The summed E-state index contributed by atoms with van der Waals surface area (Å²) in [7, 11) is -2.45. The minimum absolute atomic E-state index is 0.0141. The third-order valence-electron chi connectivity index (χ3n) is 6.34. The van der Waals surface area contributed by atoms with Crippen molar-refractivity contribution < 1.29 is 27.8 Å². The molecule has 2 rings (SSSR count). The molecule has 35 heavy (non-hydrogen) atoms. The average Bonchev–Trinajstić information content (AvgIpc) is 3.15.